The van der Waals surface area contributed by atoms with Crippen molar-refractivity contribution in [3.8, 4) is 0 Å². The van der Waals surface area contributed by atoms with Crippen LogP contribution >= 0.6 is 0 Å². The highest BCUT2D eigenvalue weighted by molar-refractivity contribution is 5.04. The van der Waals surface area contributed by atoms with Crippen molar-refractivity contribution in [1.29, 1.82) is 0 Å². The number of hydrogen-bond acceptors (Lipinski definition) is 2. The van der Waals surface area contributed by atoms with Gasteiger partial charge in [0.05, 0.1) is 0 Å². The fraction of sp³-hybridized carbons (Fsp3) is 1.00. The van der Waals surface area contributed by atoms with Gasteiger partial charge in [0.1, 0.15) is 0 Å². The molecule has 1 saturated carbocycles. The first kappa shape index (κ1) is 15.3. The monoisotopic (exact) mass is 266 g/mol. The smallest absolute Gasteiger partial charge is 0.0309 e. The van der Waals surface area contributed by atoms with Crippen LogP contribution in [0.15, 0.2) is 0 Å². The Morgan fingerprint density at radius 3 is 2.42 bits per heavy atom. The Bertz CT molecular complexity index is 303. The van der Waals surface area contributed by atoms with Gasteiger partial charge in [-0.2, -0.15) is 0 Å². The van der Waals surface area contributed by atoms with Gasteiger partial charge < -0.3 is 5.32 Å². The summed E-state index contributed by atoms with van der Waals surface area (Å²) < 4.78 is 0. The molecule has 2 rings (SSSR count). The highest BCUT2D eigenvalue weighted by atomic mass is 15.3. The average Bonchev–Trinajstić information content (AvgIpc) is 3.12. The maximum Gasteiger partial charge on any atom is 0.0309 e. The third kappa shape index (κ3) is 3.52. The van der Waals surface area contributed by atoms with E-state index in [0.29, 0.717) is 11.0 Å². The summed E-state index contributed by atoms with van der Waals surface area (Å²) in [7, 11) is 0. The summed E-state index contributed by atoms with van der Waals surface area (Å²) in [5.41, 5.74) is 0.794. The second-order valence-electron chi connectivity index (χ2n) is 8.33. The third-order valence-corrected chi connectivity index (χ3v) is 5.73. The van der Waals surface area contributed by atoms with E-state index in [1.807, 2.05) is 0 Å². The van der Waals surface area contributed by atoms with E-state index >= 15 is 0 Å². The largest absolute Gasteiger partial charge is 0.308 e. The molecular formula is C17H34N2. The summed E-state index contributed by atoms with van der Waals surface area (Å²) in [6.45, 7) is 18.0. The van der Waals surface area contributed by atoms with Crippen molar-refractivity contribution in [2.45, 2.75) is 72.4 Å². The van der Waals surface area contributed by atoms with E-state index < -0.39 is 0 Å². The van der Waals surface area contributed by atoms with Gasteiger partial charge in [-0.1, -0.05) is 34.6 Å². The zero-order valence-corrected chi connectivity index (χ0v) is 13.9. The van der Waals surface area contributed by atoms with Crippen LogP contribution in [0.1, 0.15) is 60.8 Å². The van der Waals surface area contributed by atoms with Crippen molar-refractivity contribution in [3.05, 3.63) is 0 Å². The van der Waals surface area contributed by atoms with E-state index in [1.54, 1.807) is 0 Å². The zero-order chi connectivity index (χ0) is 14.3. The molecule has 3 unspecified atom stereocenters. The van der Waals surface area contributed by atoms with Gasteiger partial charge in [-0.05, 0) is 43.4 Å². The van der Waals surface area contributed by atoms with Crippen LogP contribution in [0.25, 0.3) is 0 Å². The molecule has 0 amide bonds. The van der Waals surface area contributed by atoms with Crippen LogP contribution in [0, 0.1) is 17.3 Å². The van der Waals surface area contributed by atoms with Crippen LogP contribution in [0.5, 0.6) is 0 Å². The van der Waals surface area contributed by atoms with Gasteiger partial charge in [0, 0.05) is 31.2 Å². The van der Waals surface area contributed by atoms with Crippen molar-refractivity contribution in [1.82, 2.24) is 10.2 Å². The van der Waals surface area contributed by atoms with Gasteiger partial charge in [0.15, 0.2) is 0 Å². The third-order valence-electron chi connectivity index (χ3n) is 5.73. The number of nitrogens with one attached hydrogen (secondary N) is 1. The number of rotatable bonds is 4. The van der Waals surface area contributed by atoms with E-state index in [2.05, 4.69) is 51.8 Å². The summed E-state index contributed by atoms with van der Waals surface area (Å²) in [6, 6.07) is 0.733. The second kappa shape index (κ2) is 5.37. The summed E-state index contributed by atoms with van der Waals surface area (Å²) >= 11 is 0. The highest BCUT2D eigenvalue weighted by Crippen LogP contribution is 2.42. The molecular weight excluding hydrogens is 232 g/mol. The van der Waals surface area contributed by atoms with E-state index in [0.717, 1.165) is 17.9 Å². The molecule has 112 valence electrons. The molecule has 3 atom stereocenters. The van der Waals surface area contributed by atoms with Crippen molar-refractivity contribution < 1.29 is 0 Å². The SMILES string of the molecule is CCC1CNC(C)(C2CC2)CN1CC(C)C(C)(C)C. The van der Waals surface area contributed by atoms with Crippen molar-refractivity contribution >= 4 is 0 Å². The van der Waals surface area contributed by atoms with E-state index in [4.69, 9.17) is 0 Å². The fourth-order valence-electron chi connectivity index (χ4n) is 3.32. The molecule has 1 saturated heterocycles. The highest BCUT2D eigenvalue weighted by Gasteiger charge is 2.46. The van der Waals surface area contributed by atoms with Crippen molar-refractivity contribution in [3.63, 3.8) is 0 Å². The number of piperazine rings is 1. The Morgan fingerprint density at radius 1 is 1.32 bits per heavy atom. The molecule has 0 radical (unpaired) electrons. The number of nitrogens with zero attached hydrogens (tertiary/aromatic N) is 1. The molecule has 1 aliphatic heterocycles. The van der Waals surface area contributed by atoms with Crippen molar-refractivity contribution in [2.75, 3.05) is 19.6 Å². The normalized spacial score (nSPS) is 35.4. The Labute approximate surface area is 120 Å². The summed E-state index contributed by atoms with van der Waals surface area (Å²) in [5.74, 6) is 1.68. The van der Waals surface area contributed by atoms with Crippen LogP contribution < -0.4 is 5.32 Å². The Hall–Kier alpha value is -0.0800. The van der Waals surface area contributed by atoms with Crippen LogP contribution in [0.3, 0.4) is 0 Å². The molecule has 19 heavy (non-hydrogen) atoms. The lowest BCUT2D eigenvalue weighted by atomic mass is 9.80. The van der Waals surface area contributed by atoms with Gasteiger partial charge in [-0.25, -0.2) is 0 Å². The molecule has 2 heteroatoms. The molecule has 2 nitrogen and oxygen atoms in total. The standard InChI is InChI=1S/C17H34N2/c1-7-15-10-18-17(6,14-8-9-14)12-19(15)11-13(2)16(3,4)5/h13-15,18H,7-12H2,1-6H3. The maximum absolute atomic E-state index is 3.86. The first-order valence-electron chi connectivity index (χ1n) is 8.25. The van der Waals surface area contributed by atoms with E-state index in [9.17, 15) is 0 Å². The lowest BCUT2D eigenvalue weighted by Gasteiger charge is -2.48. The quantitative estimate of drug-likeness (QED) is 0.837. The Morgan fingerprint density at radius 2 is 1.95 bits per heavy atom. The van der Waals surface area contributed by atoms with Crippen molar-refractivity contribution in [2.24, 2.45) is 17.3 Å². The minimum Gasteiger partial charge on any atom is -0.308 e. The summed E-state index contributed by atoms with van der Waals surface area (Å²) in [4.78, 5) is 2.78. The van der Waals surface area contributed by atoms with Gasteiger partial charge in [-0.3, -0.25) is 4.90 Å². The lowest BCUT2D eigenvalue weighted by Crippen LogP contribution is -2.64. The molecule has 2 aliphatic rings. The van der Waals surface area contributed by atoms with Crippen LogP contribution in [0.2, 0.25) is 0 Å². The molecule has 1 aliphatic carbocycles. The van der Waals surface area contributed by atoms with Crippen LogP contribution in [-0.2, 0) is 0 Å². The molecule has 0 aromatic carbocycles. The molecule has 1 heterocycles. The van der Waals surface area contributed by atoms with Crippen LogP contribution in [0.4, 0.5) is 0 Å². The average molecular weight is 266 g/mol. The summed E-state index contributed by atoms with van der Waals surface area (Å²) in [5, 5.41) is 3.86. The molecule has 2 fully saturated rings. The maximum atomic E-state index is 3.86. The van der Waals surface area contributed by atoms with Gasteiger partial charge in [0.25, 0.3) is 0 Å². The molecule has 0 spiro atoms. The van der Waals surface area contributed by atoms with Gasteiger partial charge >= 0.3 is 0 Å². The minimum absolute atomic E-state index is 0.378. The predicted octanol–water partition coefficient (Wildman–Crippen LogP) is 3.52. The Kier molecular flexibility index (Phi) is 4.32. The van der Waals surface area contributed by atoms with Gasteiger partial charge in [-0.15, -0.1) is 0 Å². The predicted molar refractivity (Wildman–Crippen MR) is 83.4 cm³/mol. The van der Waals surface area contributed by atoms with E-state index in [1.165, 1.54) is 38.9 Å². The Balaban J connectivity index is 2.01. The first-order chi connectivity index (χ1) is 8.76. The van der Waals surface area contributed by atoms with Crippen LogP contribution in [-0.4, -0.2) is 36.1 Å². The minimum atomic E-state index is 0.378. The lowest BCUT2D eigenvalue weighted by molar-refractivity contribution is 0.0439. The fourth-order valence-corrected chi connectivity index (χ4v) is 3.32. The topological polar surface area (TPSA) is 15.3 Å². The molecule has 0 bridgehead atoms. The van der Waals surface area contributed by atoms with Gasteiger partial charge in [0.2, 0.25) is 0 Å². The first-order valence-corrected chi connectivity index (χ1v) is 8.25. The second-order valence-corrected chi connectivity index (χ2v) is 8.33. The molecule has 0 aromatic heterocycles. The zero-order valence-electron chi connectivity index (χ0n) is 13.9. The molecule has 1 N–H and O–H groups in total. The summed E-state index contributed by atoms with van der Waals surface area (Å²) in [6.07, 6.45) is 4.14. The number of hydrogen-bond donors (Lipinski definition) is 1. The van der Waals surface area contributed by atoms with E-state index in [-0.39, 0.29) is 0 Å². The molecule has 0 aromatic rings.